The van der Waals surface area contributed by atoms with Gasteiger partial charge in [-0.15, -0.1) is 0 Å². The number of hydrogen-bond donors (Lipinski definition) is 1. The molecule has 0 spiro atoms. The lowest BCUT2D eigenvalue weighted by molar-refractivity contribution is 0.460. The molecule has 0 atom stereocenters. The summed E-state index contributed by atoms with van der Waals surface area (Å²) in [5.41, 5.74) is 7.26. The van der Waals surface area contributed by atoms with E-state index in [2.05, 4.69) is 29.0 Å². The second kappa shape index (κ2) is 6.96. The molecule has 0 unspecified atom stereocenters. The Morgan fingerprint density at radius 2 is 1.95 bits per heavy atom. The summed E-state index contributed by atoms with van der Waals surface area (Å²) < 4.78 is 5.61. The Labute approximate surface area is 124 Å². The summed E-state index contributed by atoms with van der Waals surface area (Å²) in [5, 5.41) is 0. The Bertz CT molecular complexity index is 567. The van der Waals surface area contributed by atoms with E-state index in [4.69, 9.17) is 22.7 Å². The topological polar surface area (TPSA) is 61.0 Å². The van der Waals surface area contributed by atoms with Crippen LogP contribution in [0.4, 0.5) is 0 Å². The fourth-order valence-corrected chi connectivity index (χ4v) is 1.83. The second-order valence-electron chi connectivity index (χ2n) is 4.45. The van der Waals surface area contributed by atoms with E-state index < -0.39 is 0 Å². The standard InChI is InChI=1S/C15H17N3OS/c1-2-3-4-11-5-7-12(8-6-11)19-14-10-17-13(9-18-14)15(16)20/h5-10H,2-4H2,1H3,(H2,16,20). The molecule has 5 heteroatoms. The SMILES string of the molecule is CCCCc1ccc(Oc2cnc(C(N)=S)cn2)cc1. The minimum atomic E-state index is 0.226. The summed E-state index contributed by atoms with van der Waals surface area (Å²) in [6.45, 7) is 2.19. The van der Waals surface area contributed by atoms with E-state index >= 15 is 0 Å². The third-order valence-electron chi connectivity index (χ3n) is 2.85. The summed E-state index contributed by atoms with van der Waals surface area (Å²) in [4.78, 5) is 8.42. The molecule has 2 N–H and O–H groups in total. The van der Waals surface area contributed by atoms with Crippen LogP contribution >= 0.6 is 12.2 Å². The average Bonchev–Trinajstić information content (AvgIpc) is 2.47. The van der Waals surface area contributed by atoms with Crippen LogP contribution in [0.5, 0.6) is 11.6 Å². The molecular formula is C15H17N3OS. The highest BCUT2D eigenvalue weighted by Gasteiger charge is 2.02. The van der Waals surface area contributed by atoms with Gasteiger partial charge in [0.2, 0.25) is 5.88 Å². The summed E-state index contributed by atoms with van der Waals surface area (Å²) in [6, 6.07) is 8.02. The van der Waals surface area contributed by atoms with Crippen LogP contribution in [0.15, 0.2) is 36.7 Å². The van der Waals surface area contributed by atoms with Crippen LogP contribution in [-0.4, -0.2) is 15.0 Å². The lowest BCUT2D eigenvalue weighted by Crippen LogP contribution is -2.11. The molecule has 0 aliphatic heterocycles. The van der Waals surface area contributed by atoms with Crippen molar-refractivity contribution in [3.8, 4) is 11.6 Å². The summed E-state index contributed by atoms with van der Waals surface area (Å²) in [5.74, 6) is 1.16. The van der Waals surface area contributed by atoms with Crippen LogP contribution in [-0.2, 0) is 6.42 Å². The third kappa shape index (κ3) is 3.99. The van der Waals surface area contributed by atoms with Gasteiger partial charge in [0.15, 0.2) is 0 Å². The number of nitrogens with zero attached hydrogens (tertiary/aromatic N) is 2. The van der Waals surface area contributed by atoms with Gasteiger partial charge >= 0.3 is 0 Å². The van der Waals surface area contributed by atoms with Crippen LogP contribution in [0, 0.1) is 0 Å². The van der Waals surface area contributed by atoms with E-state index in [9.17, 15) is 0 Å². The Balaban J connectivity index is 2.00. The monoisotopic (exact) mass is 287 g/mol. The van der Waals surface area contributed by atoms with Crippen molar-refractivity contribution < 1.29 is 4.74 Å². The summed E-state index contributed by atoms with van der Waals surface area (Å²) in [7, 11) is 0. The fraction of sp³-hybridized carbons (Fsp3) is 0.267. The summed E-state index contributed by atoms with van der Waals surface area (Å²) in [6.07, 6.45) is 6.52. The van der Waals surface area contributed by atoms with Crippen LogP contribution < -0.4 is 10.5 Å². The summed E-state index contributed by atoms with van der Waals surface area (Å²) >= 11 is 4.82. The van der Waals surface area contributed by atoms with Gasteiger partial charge in [-0.05, 0) is 30.5 Å². The van der Waals surface area contributed by atoms with Crippen molar-refractivity contribution >= 4 is 17.2 Å². The molecule has 1 heterocycles. The van der Waals surface area contributed by atoms with Gasteiger partial charge in [-0.25, -0.2) is 9.97 Å². The van der Waals surface area contributed by atoms with Crippen molar-refractivity contribution in [2.75, 3.05) is 0 Å². The lowest BCUT2D eigenvalue weighted by atomic mass is 10.1. The number of aromatic nitrogens is 2. The van der Waals surface area contributed by atoms with E-state index in [0.29, 0.717) is 11.6 Å². The third-order valence-corrected chi connectivity index (χ3v) is 3.05. The molecule has 2 aromatic rings. The van der Waals surface area contributed by atoms with Gasteiger partial charge in [0.25, 0.3) is 0 Å². The van der Waals surface area contributed by atoms with Gasteiger partial charge in [-0.2, -0.15) is 0 Å². The van der Waals surface area contributed by atoms with Crippen LogP contribution in [0.3, 0.4) is 0 Å². The van der Waals surface area contributed by atoms with Crippen LogP contribution in [0.25, 0.3) is 0 Å². The minimum Gasteiger partial charge on any atom is -0.438 e. The highest BCUT2D eigenvalue weighted by molar-refractivity contribution is 7.80. The molecule has 0 fully saturated rings. The molecule has 2 rings (SSSR count). The molecule has 0 saturated heterocycles. The fourth-order valence-electron chi connectivity index (χ4n) is 1.72. The van der Waals surface area contributed by atoms with Crippen molar-refractivity contribution in [1.29, 1.82) is 0 Å². The van der Waals surface area contributed by atoms with Crippen molar-refractivity contribution in [1.82, 2.24) is 9.97 Å². The Morgan fingerprint density at radius 3 is 2.50 bits per heavy atom. The van der Waals surface area contributed by atoms with E-state index in [-0.39, 0.29) is 4.99 Å². The minimum absolute atomic E-state index is 0.226. The van der Waals surface area contributed by atoms with E-state index in [1.807, 2.05) is 12.1 Å². The predicted octanol–water partition coefficient (Wildman–Crippen LogP) is 3.25. The number of nitrogens with two attached hydrogens (primary N) is 1. The van der Waals surface area contributed by atoms with Gasteiger partial charge in [0.05, 0.1) is 12.4 Å². The molecular weight excluding hydrogens is 270 g/mol. The van der Waals surface area contributed by atoms with E-state index in [1.165, 1.54) is 30.8 Å². The molecule has 0 amide bonds. The highest BCUT2D eigenvalue weighted by Crippen LogP contribution is 2.19. The predicted molar refractivity (Wildman–Crippen MR) is 83.0 cm³/mol. The molecule has 20 heavy (non-hydrogen) atoms. The average molecular weight is 287 g/mol. The maximum Gasteiger partial charge on any atom is 0.237 e. The van der Waals surface area contributed by atoms with Crippen molar-refractivity contribution in [3.05, 3.63) is 47.9 Å². The van der Waals surface area contributed by atoms with Crippen molar-refractivity contribution in [2.45, 2.75) is 26.2 Å². The number of hydrogen-bond acceptors (Lipinski definition) is 4. The zero-order chi connectivity index (χ0) is 14.4. The number of unbranched alkanes of at least 4 members (excludes halogenated alkanes) is 1. The first kappa shape index (κ1) is 14.4. The van der Waals surface area contributed by atoms with Gasteiger partial charge in [-0.3, -0.25) is 0 Å². The Kier molecular flexibility index (Phi) is 5.01. The smallest absolute Gasteiger partial charge is 0.237 e. The lowest BCUT2D eigenvalue weighted by Gasteiger charge is -2.06. The molecule has 4 nitrogen and oxygen atoms in total. The maximum atomic E-state index is 5.61. The molecule has 1 aromatic carbocycles. The van der Waals surface area contributed by atoms with Crippen molar-refractivity contribution in [3.63, 3.8) is 0 Å². The Hall–Kier alpha value is -2.01. The number of ether oxygens (including phenoxy) is 1. The molecule has 0 saturated carbocycles. The quantitative estimate of drug-likeness (QED) is 0.826. The van der Waals surface area contributed by atoms with Crippen LogP contribution in [0.2, 0.25) is 0 Å². The van der Waals surface area contributed by atoms with E-state index in [1.54, 1.807) is 0 Å². The molecule has 0 aliphatic rings. The number of aryl methyl sites for hydroxylation is 1. The first-order chi connectivity index (χ1) is 9.69. The molecule has 104 valence electrons. The molecule has 1 aromatic heterocycles. The number of benzene rings is 1. The van der Waals surface area contributed by atoms with Crippen LogP contribution in [0.1, 0.15) is 31.0 Å². The number of rotatable bonds is 6. The van der Waals surface area contributed by atoms with Gasteiger partial charge in [-0.1, -0.05) is 37.7 Å². The van der Waals surface area contributed by atoms with Crippen molar-refractivity contribution in [2.24, 2.45) is 5.73 Å². The van der Waals surface area contributed by atoms with Gasteiger partial charge in [0.1, 0.15) is 16.4 Å². The maximum absolute atomic E-state index is 5.61. The highest BCUT2D eigenvalue weighted by atomic mass is 32.1. The Morgan fingerprint density at radius 1 is 1.20 bits per heavy atom. The first-order valence-corrected chi connectivity index (χ1v) is 6.98. The first-order valence-electron chi connectivity index (χ1n) is 6.57. The molecule has 0 radical (unpaired) electrons. The van der Waals surface area contributed by atoms with E-state index in [0.717, 1.165) is 12.2 Å². The zero-order valence-corrected chi connectivity index (χ0v) is 12.2. The largest absolute Gasteiger partial charge is 0.438 e. The van der Waals surface area contributed by atoms with Gasteiger partial charge < -0.3 is 10.5 Å². The molecule has 0 bridgehead atoms. The zero-order valence-electron chi connectivity index (χ0n) is 11.4. The molecule has 0 aliphatic carbocycles. The number of thiocarbonyl (C=S) groups is 1. The van der Waals surface area contributed by atoms with Gasteiger partial charge in [0, 0.05) is 0 Å². The second-order valence-corrected chi connectivity index (χ2v) is 4.89. The normalized spacial score (nSPS) is 10.2.